The molecule has 0 bridgehead atoms. The fraction of sp³-hybridized carbons (Fsp3) is 0.714. The highest BCUT2D eigenvalue weighted by Crippen LogP contribution is 2.25. The third-order valence-corrected chi connectivity index (χ3v) is 3.58. The Labute approximate surface area is 110 Å². The first-order valence-corrected chi connectivity index (χ1v) is 6.74. The fourth-order valence-electron chi connectivity index (χ4n) is 2.74. The quantitative estimate of drug-likeness (QED) is 0.868. The number of aryl methyl sites for hydroxylation is 2. The molecule has 0 saturated carbocycles. The molecule has 0 aromatic carbocycles. The average molecular weight is 248 g/mol. The zero-order valence-corrected chi connectivity index (χ0v) is 12.0. The van der Waals surface area contributed by atoms with Crippen LogP contribution in [0.5, 0.6) is 0 Å². The van der Waals surface area contributed by atoms with E-state index in [1.165, 1.54) is 23.4 Å². The Balaban J connectivity index is 2.20. The first-order chi connectivity index (χ1) is 8.60. The van der Waals surface area contributed by atoms with Crippen LogP contribution in [-0.2, 0) is 19.4 Å². The van der Waals surface area contributed by atoms with Gasteiger partial charge >= 0.3 is 0 Å². The largest absolute Gasteiger partial charge is 0.319 e. The van der Waals surface area contributed by atoms with E-state index in [2.05, 4.69) is 36.2 Å². The maximum Gasteiger partial charge on any atom is 0.142 e. The molecule has 1 aliphatic rings. The molecule has 100 valence electrons. The van der Waals surface area contributed by atoms with Crippen molar-refractivity contribution in [3.63, 3.8) is 0 Å². The number of nitrogens with zero attached hydrogens (tertiary/aromatic N) is 3. The van der Waals surface area contributed by atoms with E-state index < -0.39 is 0 Å². The minimum absolute atomic E-state index is 0.740. The van der Waals surface area contributed by atoms with Crippen molar-refractivity contribution in [3.05, 3.63) is 22.8 Å². The SMILES string of the molecule is CNCC1CCc2nc(CN(C)C)nc(C)c2C1. The Morgan fingerprint density at radius 1 is 1.33 bits per heavy atom. The molecular formula is C14H24N4. The van der Waals surface area contributed by atoms with Crippen molar-refractivity contribution in [2.75, 3.05) is 27.7 Å². The highest BCUT2D eigenvalue weighted by atomic mass is 15.1. The topological polar surface area (TPSA) is 41.1 Å². The Bertz CT molecular complexity index is 415. The van der Waals surface area contributed by atoms with Gasteiger partial charge in [0.15, 0.2) is 0 Å². The van der Waals surface area contributed by atoms with Gasteiger partial charge in [0.1, 0.15) is 5.82 Å². The molecule has 2 rings (SSSR count). The summed E-state index contributed by atoms with van der Waals surface area (Å²) in [6.45, 7) is 4.05. The maximum atomic E-state index is 4.74. The second-order valence-corrected chi connectivity index (χ2v) is 5.55. The van der Waals surface area contributed by atoms with Crippen molar-refractivity contribution in [3.8, 4) is 0 Å². The second kappa shape index (κ2) is 5.76. The molecule has 0 aliphatic heterocycles. The lowest BCUT2D eigenvalue weighted by Gasteiger charge is -2.25. The number of hydrogen-bond donors (Lipinski definition) is 1. The summed E-state index contributed by atoms with van der Waals surface area (Å²) < 4.78 is 0. The number of rotatable bonds is 4. The molecule has 1 aliphatic carbocycles. The third kappa shape index (κ3) is 3.06. The summed E-state index contributed by atoms with van der Waals surface area (Å²) in [4.78, 5) is 11.5. The Morgan fingerprint density at radius 2 is 2.11 bits per heavy atom. The number of aromatic nitrogens is 2. The molecule has 0 fully saturated rings. The summed E-state index contributed by atoms with van der Waals surface area (Å²) in [7, 11) is 6.14. The van der Waals surface area contributed by atoms with E-state index in [9.17, 15) is 0 Å². The van der Waals surface area contributed by atoms with Crippen LogP contribution in [0.4, 0.5) is 0 Å². The van der Waals surface area contributed by atoms with Gasteiger partial charge in [-0.1, -0.05) is 0 Å². The van der Waals surface area contributed by atoms with Crippen LogP contribution in [0.15, 0.2) is 0 Å². The van der Waals surface area contributed by atoms with Gasteiger partial charge in [0, 0.05) is 11.4 Å². The van der Waals surface area contributed by atoms with Crippen molar-refractivity contribution < 1.29 is 0 Å². The first-order valence-electron chi connectivity index (χ1n) is 6.74. The van der Waals surface area contributed by atoms with E-state index in [4.69, 9.17) is 4.98 Å². The monoisotopic (exact) mass is 248 g/mol. The zero-order chi connectivity index (χ0) is 13.1. The summed E-state index contributed by atoms with van der Waals surface area (Å²) in [6.07, 6.45) is 3.47. The van der Waals surface area contributed by atoms with Gasteiger partial charge in [-0.2, -0.15) is 0 Å². The highest BCUT2D eigenvalue weighted by molar-refractivity contribution is 5.28. The number of fused-ring (bicyclic) bond motifs is 1. The van der Waals surface area contributed by atoms with Crippen LogP contribution in [0.2, 0.25) is 0 Å². The molecular weight excluding hydrogens is 224 g/mol. The van der Waals surface area contributed by atoms with Gasteiger partial charge < -0.3 is 10.2 Å². The second-order valence-electron chi connectivity index (χ2n) is 5.55. The Kier molecular flexibility index (Phi) is 4.30. The molecule has 4 heteroatoms. The van der Waals surface area contributed by atoms with Crippen molar-refractivity contribution >= 4 is 0 Å². The normalized spacial score (nSPS) is 19.1. The van der Waals surface area contributed by atoms with Crippen molar-refractivity contribution in [2.45, 2.75) is 32.7 Å². The van der Waals surface area contributed by atoms with Crippen molar-refractivity contribution in [1.82, 2.24) is 20.2 Å². The van der Waals surface area contributed by atoms with Gasteiger partial charge in [-0.15, -0.1) is 0 Å². The molecule has 1 unspecified atom stereocenters. The van der Waals surface area contributed by atoms with E-state index >= 15 is 0 Å². The minimum Gasteiger partial charge on any atom is -0.319 e. The summed E-state index contributed by atoms with van der Waals surface area (Å²) >= 11 is 0. The maximum absolute atomic E-state index is 4.74. The lowest BCUT2D eigenvalue weighted by Crippen LogP contribution is -2.27. The van der Waals surface area contributed by atoms with E-state index in [-0.39, 0.29) is 0 Å². The van der Waals surface area contributed by atoms with Crippen LogP contribution in [0, 0.1) is 12.8 Å². The van der Waals surface area contributed by atoms with Crippen LogP contribution >= 0.6 is 0 Å². The lowest BCUT2D eigenvalue weighted by molar-refractivity contribution is 0.384. The molecule has 1 aromatic rings. The van der Waals surface area contributed by atoms with Gasteiger partial charge in [0.2, 0.25) is 0 Å². The molecule has 18 heavy (non-hydrogen) atoms. The molecule has 0 spiro atoms. The van der Waals surface area contributed by atoms with Crippen molar-refractivity contribution in [2.24, 2.45) is 5.92 Å². The van der Waals surface area contributed by atoms with Crippen LogP contribution in [-0.4, -0.2) is 42.6 Å². The van der Waals surface area contributed by atoms with Crippen LogP contribution in [0.25, 0.3) is 0 Å². The predicted octanol–water partition coefficient (Wildman–Crippen LogP) is 1.17. The minimum atomic E-state index is 0.740. The molecule has 0 saturated heterocycles. The van der Waals surface area contributed by atoms with Gasteiger partial charge in [0.05, 0.1) is 6.54 Å². The predicted molar refractivity (Wildman–Crippen MR) is 73.6 cm³/mol. The van der Waals surface area contributed by atoms with Crippen LogP contribution < -0.4 is 5.32 Å². The molecule has 1 atom stereocenters. The highest BCUT2D eigenvalue weighted by Gasteiger charge is 2.22. The van der Waals surface area contributed by atoms with Crippen molar-refractivity contribution in [1.29, 1.82) is 0 Å². The Hall–Kier alpha value is -1.00. The summed E-state index contributed by atoms with van der Waals surface area (Å²) in [6, 6.07) is 0. The first kappa shape index (κ1) is 13.4. The van der Waals surface area contributed by atoms with Gasteiger partial charge in [-0.05, 0) is 65.4 Å². The van der Waals surface area contributed by atoms with E-state index in [0.29, 0.717) is 0 Å². The fourth-order valence-corrected chi connectivity index (χ4v) is 2.74. The third-order valence-electron chi connectivity index (χ3n) is 3.58. The van der Waals surface area contributed by atoms with Gasteiger partial charge in [-0.25, -0.2) is 9.97 Å². The van der Waals surface area contributed by atoms with E-state index in [0.717, 1.165) is 37.7 Å². The Morgan fingerprint density at radius 3 is 2.78 bits per heavy atom. The molecule has 0 radical (unpaired) electrons. The average Bonchev–Trinajstić information content (AvgIpc) is 2.29. The van der Waals surface area contributed by atoms with E-state index in [1.807, 2.05) is 7.05 Å². The molecule has 1 heterocycles. The van der Waals surface area contributed by atoms with E-state index in [1.54, 1.807) is 0 Å². The number of nitrogens with one attached hydrogen (secondary N) is 1. The van der Waals surface area contributed by atoms with Crippen LogP contribution in [0.1, 0.15) is 29.2 Å². The zero-order valence-electron chi connectivity index (χ0n) is 12.0. The summed E-state index contributed by atoms with van der Waals surface area (Å²) in [5, 5.41) is 3.28. The lowest BCUT2D eigenvalue weighted by atomic mass is 9.86. The smallest absolute Gasteiger partial charge is 0.142 e. The van der Waals surface area contributed by atoms with Gasteiger partial charge in [-0.3, -0.25) is 0 Å². The standard InChI is InChI=1S/C14H24N4/c1-10-12-7-11(8-15-2)5-6-13(12)17-14(16-10)9-18(3)4/h11,15H,5-9H2,1-4H3. The molecule has 1 N–H and O–H groups in total. The molecule has 0 amide bonds. The molecule has 4 nitrogen and oxygen atoms in total. The number of hydrogen-bond acceptors (Lipinski definition) is 4. The summed E-state index contributed by atoms with van der Waals surface area (Å²) in [5.74, 6) is 1.70. The molecule has 1 aromatic heterocycles. The van der Waals surface area contributed by atoms with Gasteiger partial charge in [0.25, 0.3) is 0 Å². The van der Waals surface area contributed by atoms with Crippen LogP contribution in [0.3, 0.4) is 0 Å². The summed E-state index contributed by atoms with van der Waals surface area (Å²) in [5.41, 5.74) is 3.85.